The van der Waals surface area contributed by atoms with Gasteiger partial charge in [0.2, 0.25) is 5.91 Å². The lowest BCUT2D eigenvalue weighted by Gasteiger charge is -2.09. The molecule has 0 radical (unpaired) electrons. The highest BCUT2D eigenvalue weighted by atomic mass is 127. The first-order valence-electron chi connectivity index (χ1n) is 5.03. The van der Waals surface area contributed by atoms with Gasteiger partial charge >= 0.3 is 0 Å². The van der Waals surface area contributed by atoms with E-state index < -0.39 is 0 Å². The molecule has 2 rings (SSSR count). The third-order valence-corrected chi connectivity index (χ3v) is 3.19. The van der Waals surface area contributed by atoms with Crippen LogP contribution < -0.4 is 10.6 Å². The SMILES string of the molecule is Cl.O=C(Nc1cccc(I)c1)[C@@H]1CCNC1. The number of rotatable bonds is 2. The van der Waals surface area contributed by atoms with Crippen molar-refractivity contribution < 1.29 is 4.79 Å². The number of amides is 1. The van der Waals surface area contributed by atoms with Crippen LogP contribution >= 0.6 is 35.0 Å². The van der Waals surface area contributed by atoms with Gasteiger partial charge in [-0.15, -0.1) is 12.4 Å². The van der Waals surface area contributed by atoms with Gasteiger partial charge in [0.1, 0.15) is 0 Å². The van der Waals surface area contributed by atoms with E-state index in [2.05, 4.69) is 33.2 Å². The van der Waals surface area contributed by atoms with E-state index in [1.54, 1.807) is 0 Å². The van der Waals surface area contributed by atoms with Crippen molar-refractivity contribution in [3.05, 3.63) is 27.8 Å². The average Bonchev–Trinajstić information content (AvgIpc) is 2.70. The van der Waals surface area contributed by atoms with E-state index in [1.807, 2.05) is 24.3 Å². The van der Waals surface area contributed by atoms with Crippen molar-refractivity contribution in [1.29, 1.82) is 0 Å². The minimum atomic E-state index is 0. The van der Waals surface area contributed by atoms with Gasteiger partial charge < -0.3 is 10.6 Å². The van der Waals surface area contributed by atoms with E-state index in [9.17, 15) is 4.79 Å². The number of carbonyl (C=O) groups is 1. The molecule has 3 nitrogen and oxygen atoms in total. The topological polar surface area (TPSA) is 41.1 Å². The first-order valence-corrected chi connectivity index (χ1v) is 6.11. The summed E-state index contributed by atoms with van der Waals surface area (Å²) in [6.07, 6.45) is 0.940. The second-order valence-electron chi connectivity index (χ2n) is 3.69. The highest BCUT2D eigenvalue weighted by Gasteiger charge is 2.22. The van der Waals surface area contributed by atoms with Gasteiger partial charge in [-0.3, -0.25) is 4.79 Å². The molecule has 0 unspecified atom stereocenters. The Balaban J connectivity index is 0.00000128. The normalized spacial score (nSPS) is 18.9. The van der Waals surface area contributed by atoms with Crippen LogP contribution in [-0.2, 0) is 4.79 Å². The Bertz CT molecular complexity index is 367. The molecule has 0 aliphatic carbocycles. The van der Waals surface area contributed by atoms with Gasteiger partial charge in [0.25, 0.3) is 0 Å². The summed E-state index contributed by atoms with van der Waals surface area (Å²) in [5.74, 6) is 0.255. The van der Waals surface area contributed by atoms with Gasteiger partial charge in [0.05, 0.1) is 5.92 Å². The second kappa shape index (κ2) is 6.42. The maximum absolute atomic E-state index is 11.8. The van der Waals surface area contributed by atoms with Crippen molar-refractivity contribution in [2.24, 2.45) is 5.92 Å². The van der Waals surface area contributed by atoms with E-state index in [-0.39, 0.29) is 24.2 Å². The molecule has 0 aromatic heterocycles. The Morgan fingerprint density at radius 1 is 1.50 bits per heavy atom. The van der Waals surface area contributed by atoms with Crippen molar-refractivity contribution in [2.75, 3.05) is 18.4 Å². The molecule has 1 atom stereocenters. The predicted octanol–water partition coefficient (Wildman–Crippen LogP) is 2.26. The van der Waals surface area contributed by atoms with Crippen LogP contribution in [0.3, 0.4) is 0 Å². The molecule has 1 aliphatic rings. The van der Waals surface area contributed by atoms with Crippen molar-refractivity contribution in [2.45, 2.75) is 6.42 Å². The number of benzene rings is 1. The Morgan fingerprint density at radius 3 is 2.94 bits per heavy atom. The summed E-state index contributed by atoms with van der Waals surface area (Å²) in [6.45, 7) is 1.75. The Hall–Kier alpha value is -0.330. The summed E-state index contributed by atoms with van der Waals surface area (Å²) >= 11 is 2.24. The summed E-state index contributed by atoms with van der Waals surface area (Å²) in [5, 5.41) is 6.13. The van der Waals surface area contributed by atoms with Crippen LogP contribution in [0.5, 0.6) is 0 Å². The van der Waals surface area contributed by atoms with Crippen molar-refractivity contribution in [3.63, 3.8) is 0 Å². The number of anilines is 1. The molecule has 0 saturated carbocycles. The lowest BCUT2D eigenvalue weighted by atomic mass is 10.1. The zero-order chi connectivity index (χ0) is 10.7. The lowest BCUT2D eigenvalue weighted by Crippen LogP contribution is -2.24. The first kappa shape index (κ1) is 13.7. The molecule has 0 spiro atoms. The molecule has 0 bridgehead atoms. The minimum absolute atomic E-state index is 0. The molecule has 5 heteroatoms. The van der Waals surface area contributed by atoms with E-state index in [4.69, 9.17) is 0 Å². The number of hydrogen-bond donors (Lipinski definition) is 2. The smallest absolute Gasteiger partial charge is 0.228 e. The first-order chi connectivity index (χ1) is 7.25. The Labute approximate surface area is 115 Å². The van der Waals surface area contributed by atoms with E-state index in [0.717, 1.165) is 28.8 Å². The third-order valence-electron chi connectivity index (χ3n) is 2.52. The van der Waals surface area contributed by atoms with Crippen LogP contribution in [0.15, 0.2) is 24.3 Å². The molecule has 1 heterocycles. The zero-order valence-corrected chi connectivity index (χ0v) is 11.7. The summed E-state index contributed by atoms with van der Waals surface area (Å²) in [6, 6.07) is 7.85. The maximum atomic E-state index is 11.8. The molecule has 1 aliphatic heterocycles. The third kappa shape index (κ3) is 3.61. The maximum Gasteiger partial charge on any atom is 0.228 e. The van der Waals surface area contributed by atoms with Crippen LogP contribution in [-0.4, -0.2) is 19.0 Å². The quantitative estimate of drug-likeness (QED) is 0.802. The van der Waals surface area contributed by atoms with Crippen LogP contribution in [0.25, 0.3) is 0 Å². The standard InChI is InChI=1S/C11H13IN2O.ClH/c12-9-2-1-3-10(6-9)14-11(15)8-4-5-13-7-8;/h1-3,6,8,13H,4-5,7H2,(H,14,15);1H/t8-;/m1./s1. The molecule has 88 valence electrons. The number of hydrogen-bond acceptors (Lipinski definition) is 2. The molecule has 1 aromatic rings. The second-order valence-corrected chi connectivity index (χ2v) is 4.93. The molecule has 1 amide bonds. The fourth-order valence-electron chi connectivity index (χ4n) is 1.69. The van der Waals surface area contributed by atoms with Crippen molar-refractivity contribution in [3.8, 4) is 0 Å². The van der Waals surface area contributed by atoms with Gasteiger partial charge in [-0.05, 0) is 53.8 Å². The lowest BCUT2D eigenvalue weighted by molar-refractivity contribution is -0.119. The van der Waals surface area contributed by atoms with Gasteiger partial charge in [-0.1, -0.05) is 6.07 Å². The minimum Gasteiger partial charge on any atom is -0.326 e. The molecule has 1 saturated heterocycles. The average molecular weight is 353 g/mol. The van der Waals surface area contributed by atoms with E-state index in [1.165, 1.54) is 0 Å². The number of halogens is 2. The molecular formula is C11H14ClIN2O. The van der Waals surface area contributed by atoms with Gasteiger partial charge in [0, 0.05) is 15.8 Å². The summed E-state index contributed by atoms with van der Waals surface area (Å²) < 4.78 is 1.13. The van der Waals surface area contributed by atoms with E-state index >= 15 is 0 Å². The molecule has 2 N–H and O–H groups in total. The zero-order valence-electron chi connectivity index (χ0n) is 8.70. The van der Waals surface area contributed by atoms with Crippen LogP contribution in [0.2, 0.25) is 0 Å². The number of carbonyl (C=O) groups excluding carboxylic acids is 1. The van der Waals surface area contributed by atoms with Crippen LogP contribution in [0, 0.1) is 9.49 Å². The van der Waals surface area contributed by atoms with Crippen molar-refractivity contribution in [1.82, 2.24) is 5.32 Å². The highest BCUT2D eigenvalue weighted by Crippen LogP contribution is 2.15. The molecule has 16 heavy (non-hydrogen) atoms. The van der Waals surface area contributed by atoms with Gasteiger partial charge in [-0.2, -0.15) is 0 Å². The Morgan fingerprint density at radius 2 is 2.31 bits per heavy atom. The van der Waals surface area contributed by atoms with Gasteiger partial charge in [0.15, 0.2) is 0 Å². The number of nitrogens with one attached hydrogen (secondary N) is 2. The van der Waals surface area contributed by atoms with Crippen LogP contribution in [0.1, 0.15) is 6.42 Å². The van der Waals surface area contributed by atoms with E-state index in [0.29, 0.717) is 0 Å². The van der Waals surface area contributed by atoms with Crippen molar-refractivity contribution >= 4 is 46.6 Å². The molecule has 1 aromatic carbocycles. The fourth-order valence-corrected chi connectivity index (χ4v) is 2.23. The largest absolute Gasteiger partial charge is 0.326 e. The molecule has 1 fully saturated rings. The summed E-state index contributed by atoms with van der Waals surface area (Å²) in [4.78, 5) is 11.8. The predicted molar refractivity (Wildman–Crippen MR) is 76.0 cm³/mol. The highest BCUT2D eigenvalue weighted by molar-refractivity contribution is 14.1. The molecular weight excluding hydrogens is 338 g/mol. The van der Waals surface area contributed by atoms with Crippen LogP contribution in [0.4, 0.5) is 5.69 Å². The Kier molecular flexibility index (Phi) is 5.51. The summed E-state index contributed by atoms with van der Waals surface area (Å²) in [5.41, 5.74) is 0.888. The fraction of sp³-hybridized carbons (Fsp3) is 0.364. The van der Waals surface area contributed by atoms with Gasteiger partial charge in [-0.25, -0.2) is 0 Å². The summed E-state index contributed by atoms with van der Waals surface area (Å²) in [7, 11) is 0. The monoisotopic (exact) mass is 352 g/mol.